The van der Waals surface area contributed by atoms with Gasteiger partial charge in [-0.05, 0) is 24.5 Å². The minimum atomic E-state index is 0.0172. The lowest BCUT2D eigenvalue weighted by Crippen LogP contribution is -2.41. The third-order valence-corrected chi connectivity index (χ3v) is 4.47. The van der Waals surface area contributed by atoms with E-state index < -0.39 is 0 Å². The van der Waals surface area contributed by atoms with E-state index in [9.17, 15) is 4.79 Å². The molecule has 24 heavy (non-hydrogen) atoms. The number of anilines is 1. The van der Waals surface area contributed by atoms with Crippen molar-refractivity contribution in [2.75, 3.05) is 18.0 Å². The van der Waals surface area contributed by atoms with Crippen molar-refractivity contribution in [1.29, 1.82) is 0 Å². The number of H-pyrrole nitrogens is 1. The maximum Gasteiger partial charge on any atom is 0.240 e. The normalized spacial score (nSPS) is 14.5. The second-order valence-electron chi connectivity index (χ2n) is 7.40. The number of benzene rings is 1. The van der Waals surface area contributed by atoms with Crippen molar-refractivity contribution in [1.82, 2.24) is 15.5 Å². The fourth-order valence-electron chi connectivity index (χ4n) is 3.29. The number of aromatic amines is 1. The zero-order valence-corrected chi connectivity index (χ0v) is 14.7. The van der Waals surface area contributed by atoms with Crippen molar-refractivity contribution >= 4 is 11.6 Å². The summed E-state index contributed by atoms with van der Waals surface area (Å²) < 4.78 is 0. The summed E-state index contributed by atoms with van der Waals surface area (Å²) in [6, 6.07) is 8.19. The second-order valence-corrected chi connectivity index (χ2v) is 7.40. The van der Waals surface area contributed by atoms with E-state index in [2.05, 4.69) is 42.4 Å². The van der Waals surface area contributed by atoms with Crippen LogP contribution in [0.1, 0.15) is 44.0 Å². The van der Waals surface area contributed by atoms with Crippen LogP contribution in [0.4, 0.5) is 5.69 Å². The highest BCUT2D eigenvalue weighted by molar-refractivity contribution is 5.95. The number of fused-ring (bicyclic) bond motifs is 1. The average Bonchev–Trinajstić information content (AvgIpc) is 3.03. The summed E-state index contributed by atoms with van der Waals surface area (Å²) in [5.41, 5.74) is 4.58. The molecule has 5 heteroatoms. The molecule has 0 aliphatic carbocycles. The number of nitrogens with zero attached hydrogens (tertiary/aromatic N) is 2. The van der Waals surface area contributed by atoms with Crippen molar-refractivity contribution in [3.8, 4) is 0 Å². The predicted molar refractivity (Wildman–Crippen MR) is 96.1 cm³/mol. The lowest BCUT2D eigenvalue weighted by Gasteiger charge is -2.29. The standard InChI is InChI=1S/C19H26N4O/c1-19(2,3)18-15(12-21-22-18)11-20-13-17(24)23-10-6-8-14-7-4-5-9-16(14)23/h4-5,7,9,12,20H,6,8,10-11,13H2,1-3H3,(H,21,22). The van der Waals surface area contributed by atoms with E-state index in [0.717, 1.165) is 36.3 Å². The molecule has 0 saturated heterocycles. The highest BCUT2D eigenvalue weighted by Gasteiger charge is 2.23. The van der Waals surface area contributed by atoms with Gasteiger partial charge in [0, 0.05) is 35.4 Å². The molecule has 2 aromatic rings. The SMILES string of the molecule is CC(C)(C)c1[nH]ncc1CNCC(=O)N1CCCc2ccccc21. The number of hydrogen-bond acceptors (Lipinski definition) is 3. The van der Waals surface area contributed by atoms with Crippen LogP contribution in [0.5, 0.6) is 0 Å². The number of aromatic nitrogens is 2. The topological polar surface area (TPSA) is 61.0 Å². The first-order valence-corrected chi connectivity index (χ1v) is 8.58. The summed E-state index contributed by atoms with van der Waals surface area (Å²) in [5, 5.41) is 10.5. The molecule has 5 nitrogen and oxygen atoms in total. The maximum absolute atomic E-state index is 12.6. The van der Waals surface area contributed by atoms with Gasteiger partial charge < -0.3 is 10.2 Å². The van der Waals surface area contributed by atoms with Crippen molar-refractivity contribution in [3.63, 3.8) is 0 Å². The Balaban J connectivity index is 1.61. The summed E-state index contributed by atoms with van der Waals surface area (Å²) >= 11 is 0. The molecular formula is C19H26N4O. The van der Waals surface area contributed by atoms with Crippen LogP contribution in [0.15, 0.2) is 30.5 Å². The first kappa shape index (κ1) is 16.7. The lowest BCUT2D eigenvalue weighted by molar-refractivity contribution is -0.117. The Morgan fingerprint density at radius 2 is 2.12 bits per heavy atom. The van der Waals surface area contributed by atoms with Gasteiger partial charge in [0.1, 0.15) is 0 Å². The van der Waals surface area contributed by atoms with Crippen molar-refractivity contribution in [3.05, 3.63) is 47.3 Å². The first-order valence-electron chi connectivity index (χ1n) is 8.58. The van der Waals surface area contributed by atoms with E-state index in [1.807, 2.05) is 29.3 Å². The van der Waals surface area contributed by atoms with E-state index in [0.29, 0.717) is 13.1 Å². The molecule has 1 aromatic heterocycles. The van der Waals surface area contributed by atoms with Gasteiger partial charge in [-0.3, -0.25) is 9.89 Å². The van der Waals surface area contributed by atoms with Gasteiger partial charge in [-0.25, -0.2) is 0 Å². The first-order chi connectivity index (χ1) is 11.5. The van der Waals surface area contributed by atoms with Gasteiger partial charge in [0.25, 0.3) is 0 Å². The van der Waals surface area contributed by atoms with Gasteiger partial charge >= 0.3 is 0 Å². The average molecular weight is 326 g/mol. The number of rotatable bonds is 4. The molecule has 128 valence electrons. The summed E-state index contributed by atoms with van der Waals surface area (Å²) in [4.78, 5) is 14.5. The van der Waals surface area contributed by atoms with Gasteiger partial charge in [0.15, 0.2) is 0 Å². The summed E-state index contributed by atoms with van der Waals surface area (Å²) in [6.45, 7) is 8.24. The molecular weight excluding hydrogens is 300 g/mol. The molecule has 0 radical (unpaired) electrons. The number of para-hydroxylation sites is 1. The Hall–Kier alpha value is -2.14. The number of nitrogens with one attached hydrogen (secondary N) is 2. The number of aryl methyl sites for hydroxylation is 1. The minimum absolute atomic E-state index is 0.0172. The van der Waals surface area contributed by atoms with E-state index >= 15 is 0 Å². The van der Waals surface area contributed by atoms with Crippen LogP contribution in [0.3, 0.4) is 0 Å². The van der Waals surface area contributed by atoms with Crippen LogP contribution in [-0.2, 0) is 23.2 Å². The summed E-state index contributed by atoms with van der Waals surface area (Å²) in [5.74, 6) is 0.128. The van der Waals surface area contributed by atoms with Gasteiger partial charge in [-0.1, -0.05) is 39.0 Å². The Kier molecular flexibility index (Phi) is 4.71. The smallest absolute Gasteiger partial charge is 0.240 e. The van der Waals surface area contributed by atoms with E-state index in [1.54, 1.807) is 0 Å². The molecule has 2 N–H and O–H groups in total. The zero-order chi connectivity index (χ0) is 17.2. The molecule has 0 atom stereocenters. The van der Waals surface area contributed by atoms with Crippen LogP contribution in [0.25, 0.3) is 0 Å². The lowest BCUT2D eigenvalue weighted by atomic mass is 9.89. The number of amides is 1. The van der Waals surface area contributed by atoms with Crippen LogP contribution in [-0.4, -0.2) is 29.2 Å². The Bertz CT molecular complexity index is 714. The Labute approximate surface area is 143 Å². The minimum Gasteiger partial charge on any atom is -0.311 e. The largest absolute Gasteiger partial charge is 0.311 e. The molecule has 0 unspecified atom stereocenters. The summed E-state index contributed by atoms with van der Waals surface area (Å²) in [7, 11) is 0. The second kappa shape index (κ2) is 6.77. The molecule has 1 aromatic carbocycles. The number of carbonyl (C=O) groups excluding carboxylic acids is 1. The van der Waals surface area contributed by atoms with Crippen LogP contribution in [0, 0.1) is 0 Å². The highest BCUT2D eigenvalue weighted by atomic mass is 16.2. The number of hydrogen-bond donors (Lipinski definition) is 2. The third kappa shape index (κ3) is 3.51. The Morgan fingerprint density at radius 1 is 1.33 bits per heavy atom. The number of carbonyl (C=O) groups is 1. The summed E-state index contributed by atoms with van der Waals surface area (Å²) in [6.07, 6.45) is 3.92. The van der Waals surface area contributed by atoms with E-state index in [4.69, 9.17) is 0 Å². The van der Waals surface area contributed by atoms with Gasteiger partial charge in [0.2, 0.25) is 5.91 Å². The van der Waals surface area contributed by atoms with Gasteiger partial charge in [-0.2, -0.15) is 5.10 Å². The van der Waals surface area contributed by atoms with E-state index in [-0.39, 0.29) is 11.3 Å². The molecule has 3 rings (SSSR count). The molecule has 0 saturated carbocycles. The molecule has 0 spiro atoms. The van der Waals surface area contributed by atoms with Crippen molar-refractivity contribution < 1.29 is 4.79 Å². The monoisotopic (exact) mass is 326 g/mol. The predicted octanol–water partition coefficient (Wildman–Crippen LogP) is 2.78. The molecule has 2 heterocycles. The van der Waals surface area contributed by atoms with Crippen LogP contribution in [0.2, 0.25) is 0 Å². The fraction of sp³-hybridized carbons (Fsp3) is 0.474. The quantitative estimate of drug-likeness (QED) is 0.908. The van der Waals surface area contributed by atoms with Crippen LogP contribution >= 0.6 is 0 Å². The molecule has 0 fully saturated rings. The van der Waals surface area contributed by atoms with Crippen LogP contribution < -0.4 is 10.2 Å². The fourth-order valence-corrected chi connectivity index (χ4v) is 3.29. The Morgan fingerprint density at radius 3 is 2.92 bits per heavy atom. The molecule has 0 bridgehead atoms. The van der Waals surface area contributed by atoms with E-state index in [1.165, 1.54) is 5.56 Å². The third-order valence-electron chi connectivity index (χ3n) is 4.47. The molecule has 1 aliphatic heterocycles. The zero-order valence-electron chi connectivity index (χ0n) is 14.7. The van der Waals surface area contributed by atoms with Gasteiger partial charge in [-0.15, -0.1) is 0 Å². The van der Waals surface area contributed by atoms with Gasteiger partial charge in [0.05, 0.1) is 12.7 Å². The van der Waals surface area contributed by atoms with Crippen molar-refractivity contribution in [2.45, 2.75) is 45.6 Å². The molecule has 1 amide bonds. The molecule has 1 aliphatic rings. The highest BCUT2D eigenvalue weighted by Crippen LogP contribution is 2.26. The van der Waals surface area contributed by atoms with Crippen molar-refractivity contribution in [2.24, 2.45) is 0 Å². The maximum atomic E-state index is 12.6.